The van der Waals surface area contributed by atoms with Crippen molar-refractivity contribution in [1.29, 1.82) is 0 Å². The van der Waals surface area contributed by atoms with Crippen LogP contribution in [0.2, 0.25) is 0 Å². The zero-order valence-corrected chi connectivity index (χ0v) is 15.1. The average Bonchev–Trinajstić information content (AvgIpc) is 3.27. The number of carbonyl (C=O) groups excluding carboxylic acids is 1. The molecule has 1 aromatic rings. The lowest BCUT2D eigenvalue weighted by atomic mass is 10.0. The topological polar surface area (TPSA) is 61.6 Å². The first kappa shape index (κ1) is 17.4. The van der Waals surface area contributed by atoms with Crippen LogP contribution in [0.25, 0.3) is 0 Å². The van der Waals surface area contributed by atoms with E-state index in [0.29, 0.717) is 30.1 Å². The lowest BCUT2D eigenvalue weighted by molar-refractivity contribution is -0.117. The van der Waals surface area contributed by atoms with Gasteiger partial charge in [0.15, 0.2) is 5.82 Å². The molecule has 1 aliphatic carbocycles. The van der Waals surface area contributed by atoms with Crippen molar-refractivity contribution in [3.63, 3.8) is 0 Å². The maximum Gasteiger partial charge on any atom is 0.239 e. The Kier molecular flexibility index (Phi) is 5.56. The van der Waals surface area contributed by atoms with Crippen LogP contribution in [0, 0.1) is 18.8 Å². The second kappa shape index (κ2) is 7.66. The molecule has 3 rings (SSSR count). The predicted octanol–water partition coefficient (Wildman–Crippen LogP) is 2.36. The smallest absolute Gasteiger partial charge is 0.239 e. The van der Waals surface area contributed by atoms with E-state index in [4.69, 9.17) is 4.52 Å². The van der Waals surface area contributed by atoms with Crippen molar-refractivity contribution in [2.75, 3.05) is 38.0 Å². The van der Waals surface area contributed by atoms with Crippen molar-refractivity contribution < 1.29 is 9.32 Å². The summed E-state index contributed by atoms with van der Waals surface area (Å²) < 4.78 is 5.00. The Labute approximate surface area is 144 Å². The van der Waals surface area contributed by atoms with Gasteiger partial charge < -0.3 is 9.84 Å². The molecule has 24 heavy (non-hydrogen) atoms. The van der Waals surface area contributed by atoms with E-state index >= 15 is 0 Å². The fourth-order valence-electron chi connectivity index (χ4n) is 3.58. The molecule has 1 saturated carbocycles. The van der Waals surface area contributed by atoms with Gasteiger partial charge in [0.2, 0.25) is 5.91 Å². The van der Waals surface area contributed by atoms with Crippen LogP contribution in [0.15, 0.2) is 10.6 Å². The summed E-state index contributed by atoms with van der Waals surface area (Å²) in [5.41, 5.74) is 0. The van der Waals surface area contributed by atoms with Crippen molar-refractivity contribution in [3.8, 4) is 0 Å². The Bertz CT molecular complexity index is 553. The zero-order chi connectivity index (χ0) is 17.1. The fourth-order valence-corrected chi connectivity index (χ4v) is 3.58. The predicted molar refractivity (Wildman–Crippen MR) is 93.8 cm³/mol. The van der Waals surface area contributed by atoms with Crippen molar-refractivity contribution in [2.24, 2.45) is 11.8 Å². The van der Waals surface area contributed by atoms with E-state index in [9.17, 15) is 4.79 Å². The molecule has 6 heteroatoms. The molecular formula is C18H30N4O2. The zero-order valence-electron chi connectivity index (χ0n) is 15.1. The standard InChI is InChI=1S/C18H30N4O2/c1-13(2)16-11-21(7-4-8-22(16)10-15-5-6-15)12-18(23)19-17-9-14(3)24-20-17/h9,13,15-16H,4-8,10-12H2,1-3H3,(H,19,20,23)/t16-/m1/s1. The molecule has 0 aromatic carbocycles. The largest absolute Gasteiger partial charge is 0.360 e. The molecule has 0 radical (unpaired) electrons. The summed E-state index contributed by atoms with van der Waals surface area (Å²) in [6, 6.07) is 2.28. The molecule has 1 aliphatic heterocycles. The van der Waals surface area contributed by atoms with Crippen molar-refractivity contribution >= 4 is 11.7 Å². The third-order valence-corrected chi connectivity index (χ3v) is 5.06. The minimum atomic E-state index is -0.0125. The molecule has 2 fully saturated rings. The Morgan fingerprint density at radius 1 is 1.42 bits per heavy atom. The molecular weight excluding hydrogens is 304 g/mol. The van der Waals surface area contributed by atoms with Crippen LogP contribution in [-0.2, 0) is 4.79 Å². The van der Waals surface area contributed by atoms with Crippen molar-refractivity contribution in [1.82, 2.24) is 15.0 Å². The van der Waals surface area contributed by atoms with Gasteiger partial charge in [-0.05, 0) is 51.1 Å². The van der Waals surface area contributed by atoms with E-state index in [0.717, 1.165) is 32.0 Å². The van der Waals surface area contributed by atoms with Gasteiger partial charge in [-0.25, -0.2) is 0 Å². The molecule has 0 unspecified atom stereocenters. The van der Waals surface area contributed by atoms with Crippen LogP contribution < -0.4 is 5.32 Å². The van der Waals surface area contributed by atoms with Gasteiger partial charge in [-0.1, -0.05) is 19.0 Å². The highest BCUT2D eigenvalue weighted by Crippen LogP contribution is 2.31. The molecule has 134 valence electrons. The molecule has 0 bridgehead atoms. The summed E-state index contributed by atoms with van der Waals surface area (Å²) in [6.45, 7) is 11.2. The maximum absolute atomic E-state index is 12.3. The number of aryl methyl sites for hydroxylation is 1. The molecule has 1 amide bonds. The van der Waals surface area contributed by atoms with Crippen LogP contribution in [0.4, 0.5) is 5.82 Å². The number of aromatic nitrogens is 1. The molecule has 0 spiro atoms. The molecule has 1 saturated heterocycles. The lowest BCUT2D eigenvalue weighted by Crippen LogP contribution is -2.46. The van der Waals surface area contributed by atoms with Crippen LogP contribution in [0.3, 0.4) is 0 Å². The van der Waals surface area contributed by atoms with Gasteiger partial charge in [-0.2, -0.15) is 0 Å². The first-order chi connectivity index (χ1) is 11.5. The normalized spacial score (nSPS) is 23.4. The Morgan fingerprint density at radius 3 is 2.83 bits per heavy atom. The average molecular weight is 334 g/mol. The second-order valence-electron chi connectivity index (χ2n) is 7.71. The van der Waals surface area contributed by atoms with Crippen LogP contribution >= 0.6 is 0 Å². The first-order valence-corrected chi connectivity index (χ1v) is 9.21. The lowest BCUT2D eigenvalue weighted by Gasteiger charge is -2.34. The summed E-state index contributed by atoms with van der Waals surface area (Å²) in [5, 5.41) is 6.66. The van der Waals surface area contributed by atoms with E-state index in [2.05, 4.69) is 34.1 Å². The van der Waals surface area contributed by atoms with Gasteiger partial charge in [0.25, 0.3) is 0 Å². The maximum atomic E-state index is 12.3. The molecule has 1 aromatic heterocycles. The number of nitrogens with one attached hydrogen (secondary N) is 1. The number of anilines is 1. The van der Waals surface area contributed by atoms with Gasteiger partial charge >= 0.3 is 0 Å². The second-order valence-corrected chi connectivity index (χ2v) is 7.71. The highest BCUT2D eigenvalue weighted by Gasteiger charge is 2.32. The van der Waals surface area contributed by atoms with Crippen molar-refractivity contribution in [2.45, 2.75) is 46.1 Å². The summed E-state index contributed by atoms with van der Waals surface area (Å²) in [5.74, 6) is 2.71. The molecule has 6 nitrogen and oxygen atoms in total. The van der Waals surface area contributed by atoms with E-state index < -0.39 is 0 Å². The Balaban J connectivity index is 1.55. The third-order valence-electron chi connectivity index (χ3n) is 5.06. The SMILES string of the molecule is Cc1cc(NC(=O)CN2CCCN(CC3CC3)[C@@H](C(C)C)C2)no1. The van der Waals surface area contributed by atoms with E-state index in [1.807, 2.05) is 6.92 Å². The minimum Gasteiger partial charge on any atom is -0.360 e. The van der Waals surface area contributed by atoms with Gasteiger partial charge in [-0.15, -0.1) is 0 Å². The number of hydrogen-bond donors (Lipinski definition) is 1. The quantitative estimate of drug-likeness (QED) is 0.865. The highest BCUT2D eigenvalue weighted by molar-refractivity contribution is 5.91. The summed E-state index contributed by atoms with van der Waals surface area (Å²) >= 11 is 0. The van der Waals surface area contributed by atoms with Gasteiger partial charge in [0.05, 0.1) is 6.54 Å². The minimum absolute atomic E-state index is 0.0125. The molecule has 1 atom stereocenters. The third kappa shape index (κ3) is 4.80. The van der Waals surface area contributed by atoms with E-state index in [-0.39, 0.29) is 5.91 Å². The Morgan fingerprint density at radius 2 is 2.21 bits per heavy atom. The van der Waals surface area contributed by atoms with E-state index in [1.54, 1.807) is 6.07 Å². The number of nitrogens with zero attached hydrogens (tertiary/aromatic N) is 3. The van der Waals surface area contributed by atoms with Gasteiger partial charge in [0, 0.05) is 25.2 Å². The highest BCUT2D eigenvalue weighted by atomic mass is 16.5. The number of rotatable bonds is 6. The van der Waals surface area contributed by atoms with Gasteiger partial charge in [0.1, 0.15) is 5.76 Å². The van der Waals surface area contributed by atoms with Crippen LogP contribution in [0.1, 0.15) is 38.9 Å². The fraction of sp³-hybridized carbons (Fsp3) is 0.778. The molecule has 2 heterocycles. The van der Waals surface area contributed by atoms with Crippen molar-refractivity contribution in [3.05, 3.63) is 11.8 Å². The molecule has 2 aliphatic rings. The number of hydrogen-bond acceptors (Lipinski definition) is 5. The molecule has 1 N–H and O–H groups in total. The van der Waals surface area contributed by atoms with Crippen LogP contribution in [0.5, 0.6) is 0 Å². The number of amides is 1. The first-order valence-electron chi connectivity index (χ1n) is 9.21. The van der Waals surface area contributed by atoms with Gasteiger partial charge in [-0.3, -0.25) is 14.6 Å². The van der Waals surface area contributed by atoms with E-state index in [1.165, 1.54) is 19.4 Å². The summed E-state index contributed by atoms with van der Waals surface area (Å²) in [6.07, 6.45) is 3.92. The summed E-state index contributed by atoms with van der Waals surface area (Å²) in [4.78, 5) is 17.3. The summed E-state index contributed by atoms with van der Waals surface area (Å²) in [7, 11) is 0. The Hall–Kier alpha value is -1.40. The monoisotopic (exact) mass is 334 g/mol. The number of carbonyl (C=O) groups is 1. The van der Waals surface area contributed by atoms with Crippen LogP contribution in [-0.4, -0.2) is 59.6 Å².